The molecule has 6 heteroatoms. The lowest BCUT2D eigenvalue weighted by Gasteiger charge is -2.18. The first-order chi connectivity index (χ1) is 10.5. The zero-order chi connectivity index (χ0) is 15.6. The third-order valence-electron chi connectivity index (χ3n) is 4.94. The Morgan fingerprint density at radius 1 is 1.14 bits per heavy atom. The summed E-state index contributed by atoms with van der Waals surface area (Å²) in [5.74, 6) is -1.30. The third-order valence-corrected chi connectivity index (χ3v) is 5.27. The highest BCUT2D eigenvalue weighted by molar-refractivity contribution is 6.34. The zero-order valence-electron chi connectivity index (χ0n) is 11.5. The average Bonchev–Trinajstić information content (AvgIpc) is 3.14. The van der Waals surface area contributed by atoms with Crippen molar-refractivity contribution in [1.29, 1.82) is 0 Å². The van der Waals surface area contributed by atoms with E-state index in [2.05, 4.69) is 0 Å². The zero-order valence-corrected chi connectivity index (χ0v) is 12.3. The van der Waals surface area contributed by atoms with Crippen molar-refractivity contribution in [3.63, 3.8) is 0 Å². The molecule has 3 aliphatic rings. The van der Waals surface area contributed by atoms with E-state index in [1.807, 2.05) is 12.2 Å². The highest BCUT2D eigenvalue weighted by Gasteiger charge is 2.59. The minimum atomic E-state index is -0.687. The first kappa shape index (κ1) is 13.5. The van der Waals surface area contributed by atoms with E-state index < -0.39 is 5.91 Å². The monoisotopic (exact) mass is 316 g/mol. The molecular formula is C16H13ClN2O3. The van der Waals surface area contributed by atoms with E-state index >= 15 is 0 Å². The van der Waals surface area contributed by atoms with Crippen LogP contribution in [-0.2, 0) is 9.59 Å². The number of nitrogens with two attached hydrogens (primary N) is 1. The summed E-state index contributed by atoms with van der Waals surface area (Å²) in [6.45, 7) is 0. The summed E-state index contributed by atoms with van der Waals surface area (Å²) in [5, 5.41) is 0.206. The standard InChI is InChI=1S/C16H13ClN2O3/c17-11-4-3-9(6-10(11)14(18)20)19-15(21)12-7-1-2-8(5-7)13(12)16(19)22/h1-4,6-8,12-13H,5H2,(H2,18,20)/t7-,8-,12-,13+/m0/s1. The van der Waals surface area contributed by atoms with Crippen LogP contribution in [0.3, 0.4) is 0 Å². The number of halogens is 1. The maximum absolute atomic E-state index is 12.7. The number of allylic oxidation sites excluding steroid dienone is 2. The second-order valence-electron chi connectivity index (χ2n) is 6.04. The summed E-state index contributed by atoms with van der Waals surface area (Å²) in [7, 11) is 0. The topological polar surface area (TPSA) is 80.5 Å². The van der Waals surface area contributed by atoms with Gasteiger partial charge in [0.1, 0.15) is 0 Å². The highest BCUT2D eigenvalue weighted by atomic mass is 35.5. The quantitative estimate of drug-likeness (QED) is 0.666. The third kappa shape index (κ3) is 1.63. The number of benzene rings is 1. The van der Waals surface area contributed by atoms with E-state index in [9.17, 15) is 14.4 Å². The molecule has 112 valence electrons. The minimum Gasteiger partial charge on any atom is -0.366 e. The van der Waals surface area contributed by atoms with E-state index in [4.69, 9.17) is 17.3 Å². The number of imide groups is 1. The molecule has 4 rings (SSSR count). The molecule has 1 saturated heterocycles. The Labute approximate surface area is 131 Å². The van der Waals surface area contributed by atoms with Gasteiger partial charge < -0.3 is 5.73 Å². The van der Waals surface area contributed by atoms with Crippen molar-refractivity contribution < 1.29 is 14.4 Å². The van der Waals surface area contributed by atoms with Crippen molar-refractivity contribution in [2.75, 3.05) is 4.90 Å². The number of primary amides is 1. The van der Waals surface area contributed by atoms with Gasteiger partial charge in [-0.15, -0.1) is 0 Å². The van der Waals surface area contributed by atoms with Crippen LogP contribution in [0.1, 0.15) is 16.8 Å². The maximum Gasteiger partial charge on any atom is 0.250 e. The van der Waals surface area contributed by atoms with E-state index in [-0.39, 0.29) is 46.1 Å². The van der Waals surface area contributed by atoms with Gasteiger partial charge >= 0.3 is 0 Å². The van der Waals surface area contributed by atoms with Crippen LogP contribution in [0, 0.1) is 23.7 Å². The first-order valence-corrected chi connectivity index (χ1v) is 7.52. The molecule has 0 spiro atoms. The van der Waals surface area contributed by atoms with Crippen molar-refractivity contribution in [1.82, 2.24) is 0 Å². The fourth-order valence-corrected chi connectivity index (χ4v) is 4.21. The fourth-order valence-electron chi connectivity index (χ4n) is 4.00. The Morgan fingerprint density at radius 2 is 1.73 bits per heavy atom. The Bertz CT molecular complexity index is 728. The van der Waals surface area contributed by atoms with Crippen molar-refractivity contribution in [2.45, 2.75) is 6.42 Å². The molecule has 1 saturated carbocycles. The van der Waals surface area contributed by atoms with Crippen molar-refractivity contribution in [3.8, 4) is 0 Å². The van der Waals surface area contributed by atoms with Crippen LogP contribution in [0.4, 0.5) is 5.69 Å². The molecule has 0 radical (unpaired) electrons. The van der Waals surface area contributed by atoms with Gasteiger partial charge in [0.05, 0.1) is 28.1 Å². The molecule has 4 atom stereocenters. The van der Waals surface area contributed by atoms with Crippen LogP contribution >= 0.6 is 11.6 Å². The van der Waals surface area contributed by atoms with Crippen LogP contribution in [-0.4, -0.2) is 17.7 Å². The molecule has 0 aromatic heterocycles. The van der Waals surface area contributed by atoms with Crippen LogP contribution in [0.5, 0.6) is 0 Å². The highest BCUT2D eigenvalue weighted by Crippen LogP contribution is 2.53. The molecule has 2 aliphatic carbocycles. The smallest absolute Gasteiger partial charge is 0.250 e. The SMILES string of the molecule is NC(=O)c1cc(N2C(=O)[C@@H]3[C@H](C2=O)[C@H]2C=C[C@H]3C2)ccc1Cl. The summed E-state index contributed by atoms with van der Waals surface area (Å²) in [4.78, 5) is 37.9. The molecule has 1 heterocycles. The van der Waals surface area contributed by atoms with Crippen LogP contribution in [0.25, 0.3) is 0 Å². The molecule has 2 N–H and O–H groups in total. The van der Waals surface area contributed by atoms with Crippen molar-refractivity contribution >= 4 is 35.0 Å². The van der Waals surface area contributed by atoms with Crippen LogP contribution in [0.15, 0.2) is 30.4 Å². The van der Waals surface area contributed by atoms with Gasteiger partial charge in [-0.25, -0.2) is 4.90 Å². The average molecular weight is 317 g/mol. The molecule has 2 bridgehead atoms. The second-order valence-corrected chi connectivity index (χ2v) is 6.45. The van der Waals surface area contributed by atoms with Gasteiger partial charge in [0.25, 0.3) is 0 Å². The van der Waals surface area contributed by atoms with Crippen LogP contribution in [0.2, 0.25) is 5.02 Å². The summed E-state index contributed by atoms with van der Waals surface area (Å²) in [6, 6.07) is 4.47. The van der Waals surface area contributed by atoms with E-state index in [1.54, 1.807) is 6.07 Å². The molecule has 1 aromatic carbocycles. The Balaban J connectivity index is 1.76. The van der Waals surface area contributed by atoms with Gasteiger partial charge in [-0.2, -0.15) is 0 Å². The molecule has 22 heavy (non-hydrogen) atoms. The Kier molecular flexibility index (Phi) is 2.72. The van der Waals surface area contributed by atoms with E-state index in [0.29, 0.717) is 5.69 Å². The van der Waals surface area contributed by atoms with Crippen LogP contribution < -0.4 is 10.6 Å². The largest absolute Gasteiger partial charge is 0.366 e. The Hall–Kier alpha value is -2.14. The number of amides is 3. The molecule has 5 nitrogen and oxygen atoms in total. The number of hydrogen-bond acceptors (Lipinski definition) is 3. The normalized spacial score (nSPS) is 32.0. The number of rotatable bonds is 2. The molecule has 3 amide bonds. The summed E-state index contributed by atoms with van der Waals surface area (Å²) in [5.41, 5.74) is 5.75. The first-order valence-electron chi connectivity index (χ1n) is 7.14. The molecular weight excluding hydrogens is 304 g/mol. The van der Waals surface area contributed by atoms with Gasteiger partial charge in [-0.05, 0) is 36.5 Å². The molecule has 1 aliphatic heterocycles. The van der Waals surface area contributed by atoms with Gasteiger partial charge in [-0.1, -0.05) is 23.8 Å². The summed E-state index contributed by atoms with van der Waals surface area (Å²) >= 11 is 5.92. The fraction of sp³-hybridized carbons (Fsp3) is 0.312. The lowest BCUT2D eigenvalue weighted by atomic mass is 9.85. The molecule has 1 aromatic rings. The summed E-state index contributed by atoms with van der Waals surface area (Å²) in [6.07, 6.45) is 4.96. The van der Waals surface area contributed by atoms with E-state index in [1.165, 1.54) is 17.0 Å². The molecule has 0 unspecified atom stereocenters. The number of carbonyl (C=O) groups is 3. The number of anilines is 1. The Morgan fingerprint density at radius 3 is 2.27 bits per heavy atom. The van der Waals surface area contributed by atoms with E-state index in [0.717, 1.165) is 6.42 Å². The second kappa shape index (κ2) is 4.43. The lowest BCUT2D eigenvalue weighted by Crippen LogP contribution is -2.33. The number of nitrogens with zero attached hydrogens (tertiary/aromatic N) is 1. The predicted molar refractivity (Wildman–Crippen MR) is 80.2 cm³/mol. The van der Waals surface area contributed by atoms with Gasteiger partial charge in [0.15, 0.2) is 0 Å². The predicted octanol–water partition coefficient (Wildman–Crippen LogP) is 1.75. The van der Waals surface area contributed by atoms with Gasteiger partial charge in [0, 0.05) is 0 Å². The van der Waals surface area contributed by atoms with Gasteiger partial charge in [0.2, 0.25) is 17.7 Å². The summed E-state index contributed by atoms with van der Waals surface area (Å²) < 4.78 is 0. The number of carbonyl (C=O) groups excluding carboxylic acids is 3. The van der Waals surface area contributed by atoms with Gasteiger partial charge in [-0.3, -0.25) is 14.4 Å². The minimum absolute atomic E-state index is 0.109. The molecule has 2 fully saturated rings. The number of hydrogen-bond donors (Lipinski definition) is 1. The number of fused-ring (bicyclic) bond motifs is 5. The van der Waals surface area contributed by atoms with Crippen molar-refractivity contribution in [2.24, 2.45) is 29.4 Å². The van der Waals surface area contributed by atoms with Crippen molar-refractivity contribution in [3.05, 3.63) is 40.9 Å². The maximum atomic E-state index is 12.7. The lowest BCUT2D eigenvalue weighted by molar-refractivity contribution is -0.123.